The molecule has 0 aliphatic carbocycles. The molecule has 0 saturated heterocycles. The molecule has 4 heteroatoms. The molecule has 0 spiro atoms. The van der Waals surface area contributed by atoms with E-state index >= 15 is 0 Å². The summed E-state index contributed by atoms with van der Waals surface area (Å²) in [5.41, 5.74) is 1.67. The summed E-state index contributed by atoms with van der Waals surface area (Å²) in [5, 5.41) is 8.68. The van der Waals surface area contributed by atoms with Crippen LogP contribution in [0.4, 0.5) is 0 Å². The van der Waals surface area contributed by atoms with Crippen LogP contribution < -0.4 is 10.3 Å². The first-order valence-electron chi connectivity index (χ1n) is 6.70. The number of benzene rings is 1. The lowest BCUT2D eigenvalue weighted by atomic mass is 10.2. The molecule has 1 heterocycles. The Morgan fingerprint density at radius 2 is 2.05 bits per heavy atom. The van der Waals surface area contributed by atoms with Gasteiger partial charge in [-0.3, -0.25) is 4.79 Å². The van der Waals surface area contributed by atoms with Gasteiger partial charge >= 0.3 is 0 Å². The van der Waals surface area contributed by atoms with E-state index in [1.807, 2.05) is 37.3 Å². The summed E-state index contributed by atoms with van der Waals surface area (Å²) in [6, 6.07) is 12.5. The zero-order valence-electron chi connectivity index (χ0n) is 11.9. The van der Waals surface area contributed by atoms with Gasteiger partial charge in [0.05, 0.1) is 6.54 Å². The van der Waals surface area contributed by atoms with Crippen molar-refractivity contribution < 1.29 is 9.84 Å². The highest BCUT2D eigenvalue weighted by Gasteiger charge is 2.00. The largest absolute Gasteiger partial charge is 0.492 e. The minimum Gasteiger partial charge on any atom is -0.492 e. The molecular weight excluding hydrogens is 266 g/mol. The molecule has 0 fully saturated rings. The molecular formula is C17H17NO3. The Balaban J connectivity index is 1.99. The standard InChI is InChI=1S/C17H17NO3/c1-14-5-2-9-17(20)18(14)10-12-21-16-8-3-6-15(13-16)7-4-11-19/h2-3,5-6,8-9,13,19H,10-12H2,1H3. The summed E-state index contributed by atoms with van der Waals surface area (Å²) in [6.45, 7) is 2.63. The van der Waals surface area contributed by atoms with E-state index in [0.717, 1.165) is 11.3 Å². The van der Waals surface area contributed by atoms with E-state index in [4.69, 9.17) is 9.84 Å². The molecule has 1 N–H and O–H groups in total. The van der Waals surface area contributed by atoms with Crippen molar-refractivity contribution in [1.29, 1.82) is 0 Å². The minimum absolute atomic E-state index is 0.0267. The third-order valence-electron chi connectivity index (χ3n) is 3.00. The first-order valence-corrected chi connectivity index (χ1v) is 6.70. The third-order valence-corrected chi connectivity index (χ3v) is 3.00. The van der Waals surface area contributed by atoms with Crippen LogP contribution in [-0.2, 0) is 6.54 Å². The van der Waals surface area contributed by atoms with Crippen molar-refractivity contribution in [3.63, 3.8) is 0 Å². The molecule has 2 rings (SSSR count). The van der Waals surface area contributed by atoms with Crippen LogP contribution in [0.2, 0.25) is 0 Å². The summed E-state index contributed by atoms with van der Waals surface area (Å²) >= 11 is 0. The molecule has 1 aromatic carbocycles. The van der Waals surface area contributed by atoms with Gasteiger partial charge < -0.3 is 14.4 Å². The average Bonchev–Trinajstić information content (AvgIpc) is 2.49. The molecule has 108 valence electrons. The molecule has 0 bridgehead atoms. The lowest BCUT2D eigenvalue weighted by Crippen LogP contribution is -2.23. The van der Waals surface area contributed by atoms with Crippen molar-refractivity contribution in [2.45, 2.75) is 13.5 Å². The second-order valence-corrected chi connectivity index (χ2v) is 4.49. The Morgan fingerprint density at radius 1 is 1.24 bits per heavy atom. The van der Waals surface area contributed by atoms with Crippen LogP contribution in [0.15, 0.2) is 47.3 Å². The molecule has 4 nitrogen and oxygen atoms in total. The van der Waals surface area contributed by atoms with E-state index in [1.54, 1.807) is 10.6 Å². The van der Waals surface area contributed by atoms with Gasteiger partial charge in [-0.2, -0.15) is 0 Å². The minimum atomic E-state index is -0.165. The van der Waals surface area contributed by atoms with Gasteiger partial charge in [-0.05, 0) is 31.2 Å². The summed E-state index contributed by atoms with van der Waals surface area (Å²) in [5.74, 6) is 6.11. The molecule has 0 amide bonds. The van der Waals surface area contributed by atoms with Crippen molar-refractivity contribution in [2.75, 3.05) is 13.2 Å². The number of hydrogen-bond acceptors (Lipinski definition) is 3. The first-order chi connectivity index (χ1) is 10.2. The number of ether oxygens (including phenoxy) is 1. The van der Waals surface area contributed by atoms with E-state index in [2.05, 4.69) is 11.8 Å². The molecule has 0 atom stereocenters. The summed E-state index contributed by atoms with van der Waals surface area (Å²) in [4.78, 5) is 11.7. The maximum absolute atomic E-state index is 11.7. The lowest BCUT2D eigenvalue weighted by molar-refractivity contribution is 0.295. The Kier molecular flexibility index (Phi) is 5.19. The van der Waals surface area contributed by atoms with Crippen molar-refractivity contribution in [1.82, 2.24) is 4.57 Å². The van der Waals surface area contributed by atoms with Gasteiger partial charge in [-0.1, -0.05) is 24.0 Å². The number of nitrogens with zero attached hydrogens (tertiary/aromatic N) is 1. The molecule has 1 aromatic heterocycles. The molecule has 0 saturated carbocycles. The summed E-state index contributed by atoms with van der Waals surface area (Å²) in [6.07, 6.45) is 0. The Morgan fingerprint density at radius 3 is 2.81 bits per heavy atom. The predicted molar refractivity (Wildman–Crippen MR) is 81.3 cm³/mol. The van der Waals surface area contributed by atoms with Gasteiger partial charge in [0, 0.05) is 17.3 Å². The number of pyridine rings is 1. The van der Waals surface area contributed by atoms with Crippen molar-refractivity contribution in [2.24, 2.45) is 0 Å². The van der Waals surface area contributed by atoms with Crippen LogP contribution in [-0.4, -0.2) is 22.9 Å². The summed E-state index contributed by atoms with van der Waals surface area (Å²) < 4.78 is 7.33. The van der Waals surface area contributed by atoms with Crippen LogP contribution in [0.1, 0.15) is 11.3 Å². The highest BCUT2D eigenvalue weighted by Crippen LogP contribution is 2.12. The van der Waals surface area contributed by atoms with E-state index < -0.39 is 0 Å². The molecule has 0 unspecified atom stereocenters. The fourth-order valence-corrected chi connectivity index (χ4v) is 1.97. The highest BCUT2D eigenvalue weighted by atomic mass is 16.5. The van der Waals surface area contributed by atoms with E-state index in [9.17, 15) is 4.79 Å². The number of rotatable bonds is 4. The molecule has 2 aromatic rings. The van der Waals surface area contributed by atoms with Gasteiger partial charge in [0.2, 0.25) is 0 Å². The monoisotopic (exact) mass is 283 g/mol. The molecule has 0 aliphatic rings. The molecule has 21 heavy (non-hydrogen) atoms. The second kappa shape index (κ2) is 7.32. The molecule has 0 radical (unpaired) electrons. The van der Waals surface area contributed by atoms with Crippen molar-refractivity contribution in [3.8, 4) is 17.6 Å². The number of aliphatic hydroxyl groups is 1. The maximum atomic E-state index is 11.7. The molecule has 0 aliphatic heterocycles. The third kappa shape index (κ3) is 4.23. The van der Waals surface area contributed by atoms with E-state index in [1.165, 1.54) is 6.07 Å². The van der Waals surface area contributed by atoms with Crippen LogP contribution in [0.5, 0.6) is 5.75 Å². The Hall–Kier alpha value is -2.51. The number of hydrogen-bond donors (Lipinski definition) is 1. The summed E-state index contributed by atoms with van der Waals surface area (Å²) in [7, 11) is 0. The van der Waals surface area contributed by atoms with Crippen LogP contribution in [0.25, 0.3) is 0 Å². The smallest absolute Gasteiger partial charge is 0.250 e. The average molecular weight is 283 g/mol. The zero-order chi connectivity index (χ0) is 15.1. The Bertz CT molecular complexity index is 723. The van der Waals surface area contributed by atoms with Crippen LogP contribution in [0.3, 0.4) is 0 Å². The van der Waals surface area contributed by atoms with Crippen molar-refractivity contribution in [3.05, 3.63) is 64.1 Å². The maximum Gasteiger partial charge on any atom is 0.250 e. The fourth-order valence-electron chi connectivity index (χ4n) is 1.97. The van der Waals surface area contributed by atoms with E-state index in [-0.39, 0.29) is 12.2 Å². The van der Waals surface area contributed by atoms with Gasteiger partial charge in [-0.15, -0.1) is 0 Å². The van der Waals surface area contributed by atoms with Gasteiger partial charge in [0.15, 0.2) is 0 Å². The SMILES string of the molecule is Cc1cccc(=O)n1CCOc1cccc(C#CCO)c1. The topological polar surface area (TPSA) is 51.5 Å². The van der Waals surface area contributed by atoms with Gasteiger partial charge in [0.1, 0.15) is 19.0 Å². The quantitative estimate of drug-likeness (QED) is 0.867. The predicted octanol–water partition coefficient (Wildman–Crippen LogP) is 1.58. The van der Waals surface area contributed by atoms with E-state index in [0.29, 0.717) is 18.9 Å². The fraction of sp³-hybridized carbons (Fsp3) is 0.235. The van der Waals surface area contributed by atoms with Crippen LogP contribution >= 0.6 is 0 Å². The number of aliphatic hydroxyl groups excluding tert-OH is 1. The highest BCUT2D eigenvalue weighted by molar-refractivity contribution is 5.39. The Labute approximate surface area is 123 Å². The van der Waals surface area contributed by atoms with Gasteiger partial charge in [0.25, 0.3) is 5.56 Å². The number of aromatic nitrogens is 1. The van der Waals surface area contributed by atoms with Crippen molar-refractivity contribution >= 4 is 0 Å². The van der Waals surface area contributed by atoms with Gasteiger partial charge in [-0.25, -0.2) is 0 Å². The second-order valence-electron chi connectivity index (χ2n) is 4.49. The first kappa shape index (κ1) is 14.9. The normalized spacial score (nSPS) is 9.81. The van der Waals surface area contributed by atoms with Crippen LogP contribution in [0, 0.1) is 18.8 Å². The zero-order valence-corrected chi connectivity index (χ0v) is 11.9. The number of aryl methyl sites for hydroxylation is 1. The lowest BCUT2D eigenvalue weighted by Gasteiger charge is -2.10.